The molecule has 7 heteroatoms. The van der Waals surface area contributed by atoms with Crippen molar-refractivity contribution in [2.75, 3.05) is 33.3 Å². The standard InChI is InChI=1S/C17H21FN4O2/c1-21(15-4-5-22-6-7-24-16(15)11-22)17(23)20-10-12-2-3-13(9-19)14(18)8-12/h2-3,8,15-16H,4-7,10-11H2,1H3,(H,20,23)/t15-,16+/m1/s1. The van der Waals surface area contributed by atoms with Crippen LogP contribution in [-0.2, 0) is 11.3 Å². The van der Waals surface area contributed by atoms with E-state index in [9.17, 15) is 9.18 Å². The van der Waals surface area contributed by atoms with Crippen LogP contribution in [0.25, 0.3) is 0 Å². The van der Waals surface area contributed by atoms with E-state index < -0.39 is 5.82 Å². The van der Waals surface area contributed by atoms with Gasteiger partial charge in [-0.05, 0) is 24.1 Å². The van der Waals surface area contributed by atoms with Crippen LogP contribution in [0.3, 0.4) is 0 Å². The molecule has 0 aromatic heterocycles. The summed E-state index contributed by atoms with van der Waals surface area (Å²) in [6.45, 7) is 3.73. The Bertz CT molecular complexity index is 660. The summed E-state index contributed by atoms with van der Waals surface area (Å²) >= 11 is 0. The zero-order chi connectivity index (χ0) is 17.1. The van der Waals surface area contributed by atoms with E-state index in [1.807, 2.05) is 0 Å². The van der Waals surface area contributed by atoms with Gasteiger partial charge in [0, 0.05) is 33.2 Å². The highest BCUT2D eigenvalue weighted by atomic mass is 19.1. The van der Waals surface area contributed by atoms with Crippen molar-refractivity contribution in [3.8, 4) is 6.07 Å². The Kier molecular flexibility index (Phi) is 4.97. The summed E-state index contributed by atoms with van der Waals surface area (Å²) in [4.78, 5) is 16.4. The van der Waals surface area contributed by atoms with Crippen molar-refractivity contribution in [1.29, 1.82) is 5.26 Å². The summed E-state index contributed by atoms with van der Waals surface area (Å²) in [7, 11) is 1.77. The van der Waals surface area contributed by atoms with Gasteiger partial charge in [0.25, 0.3) is 0 Å². The first-order chi connectivity index (χ1) is 11.6. The van der Waals surface area contributed by atoms with E-state index >= 15 is 0 Å². The molecule has 0 saturated carbocycles. The minimum Gasteiger partial charge on any atom is -0.373 e. The van der Waals surface area contributed by atoms with Crippen LogP contribution in [0.15, 0.2) is 18.2 Å². The maximum absolute atomic E-state index is 13.6. The molecule has 24 heavy (non-hydrogen) atoms. The van der Waals surface area contributed by atoms with Crippen molar-refractivity contribution in [1.82, 2.24) is 15.1 Å². The van der Waals surface area contributed by atoms with E-state index in [1.165, 1.54) is 12.1 Å². The van der Waals surface area contributed by atoms with E-state index in [0.29, 0.717) is 12.2 Å². The minimum absolute atomic E-state index is 0.00315. The Morgan fingerprint density at radius 2 is 2.38 bits per heavy atom. The smallest absolute Gasteiger partial charge is 0.317 e. The largest absolute Gasteiger partial charge is 0.373 e. The number of urea groups is 1. The summed E-state index contributed by atoms with van der Waals surface area (Å²) in [5, 5.41) is 11.5. The fourth-order valence-electron chi connectivity index (χ4n) is 3.32. The molecule has 0 radical (unpaired) electrons. The number of piperidine rings is 1. The van der Waals surface area contributed by atoms with Gasteiger partial charge in [0.05, 0.1) is 24.3 Å². The van der Waals surface area contributed by atoms with Crippen LogP contribution < -0.4 is 5.32 Å². The molecule has 6 nitrogen and oxygen atoms in total. The Labute approximate surface area is 140 Å². The van der Waals surface area contributed by atoms with E-state index in [-0.39, 0.29) is 30.3 Å². The third kappa shape index (κ3) is 3.50. The maximum Gasteiger partial charge on any atom is 0.317 e. The molecule has 1 unspecified atom stereocenters. The minimum atomic E-state index is -0.569. The Balaban J connectivity index is 1.56. The first-order valence-electron chi connectivity index (χ1n) is 8.11. The number of morpholine rings is 1. The number of hydrogen-bond acceptors (Lipinski definition) is 4. The summed E-state index contributed by atoms with van der Waals surface area (Å²) in [5.74, 6) is -0.569. The number of fused-ring (bicyclic) bond motifs is 2. The van der Waals surface area contributed by atoms with Gasteiger partial charge in [0.15, 0.2) is 0 Å². The monoisotopic (exact) mass is 332 g/mol. The Morgan fingerprint density at radius 1 is 1.54 bits per heavy atom. The Morgan fingerprint density at radius 3 is 3.12 bits per heavy atom. The average molecular weight is 332 g/mol. The van der Waals surface area contributed by atoms with Gasteiger partial charge in [0.2, 0.25) is 0 Å². The number of nitrogens with one attached hydrogen (secondary N) is 1. The highest BCUT2D eigenvalue weighted by Crippen LogP contribution is 2.22. The van der Waals surface area contributed by atoms with E-state index in [1.54, 1.807) is 24.1 Å². The quantitative estimate of drug-likeness (QED) is 0.906. The molecule has 3 rings (SSSR count). The van der Waals surface area contributed by atoms with Crippen molar-refractivity contribution in [2.24, 2.45) is 0 Å². The molecule has 1 aromatic rings. The first-order valence-corrected chi connectivity index (χ1v) is 8.11. The zero-order valence-electron chi connectivity index (χ0n) is 13.7. The fourth-order valence-corrected chi connectivity index (χ4v) is 3.32. The molecule has 1 aromatic carbocycles. The van der Waals surface area contributed by atoms with E-state index in [4.69, 9.17) is 10.00 Å². The molecule has 128 valence electrons. The summed E-state index contributed by atoms with van der Waals surface area (Å²) in [5.41, 5.74) is 0.625. The van der Waals surface area contributed by atoms with Crippen LogP contribution in [0.1, 0.15) is 17.5 Å². The van der Waals surface area contributed by atoms with Crippen molar-refractivity contribution < 1.29 is 13.9 Å². The number of likely N-dealkylation sites (N-methyl/N-ethyl adjacent to an activating group) is 1. The molecule has 0 aliphatic carbocycles. The second kappa shape index (κ2) is 7.16. The van der Waals surface area contributed by atoms with Gasteiger partial charge in [0.1, 0.15) is 11.9 Å². The number of carbonyl (C=O) groups is 1. The maximum atomic E-state index is 13.6. The van der Waals surface area contributed by atoms with E-state index in [2.05, 4.69) is 10.2 Å². The zero-order valence-corrected chi connectivity index (χ0v) is 13.7. The highest BCUT2D eigenvalue weighted by molar-refractivity contribution is 5.74. The van der Waals surface area contributed by atoms with Crippen LogP contribution in [0.2, 0.25) is 0 Å². The molecular weight excluding hydrogens is 311 g/mol. The van der Waals surface area contributed by atoms with Crippen LogP contribution in [0.5, 0.6) is 0 Å². The number of nitriles is 1. The van der Waals surface area contributed by atoms with E-state index in [0.717, 1.165) is 26.1 Å². The lowest BCUT2D eigenvalue weighted by molar-refractivity contribution is -0.0885. The second-order valence-electron chi connectivity index (χ2n) is 6.26. The van der Waals surface area contributed by atoms with Gasteiger partial charge in [-0.2, -0.15) is 5.26 Å². The molecule has 2 aliphatic heterocycles. The van der Waals surface area contributed by atoms with Crippen LogP contribution in [0, 0.1) is 17.1 Å². The van der Waals surface area contributed by atoms with Crippen LogP contribution in [0.4, 0.5) is 9.18 Å². The number of nitrogens with zero attached hydrogens (tertiary/aromatic N) is 3. The normalized spacial score (nSPS) is 25.6. The van der Waals surface area contributed by atoms with Gasteiger partial charge >= 0.3 is 6.03 Å². The Hall–Kier alpha value is -2.17. The van der Waals surface area contributed by atoms with Crippen LogP contribution >= 0.6 is 0 Å². The van der Waals surface area contributed by atoms with Gasteiger partial charge in [-0.15, -0.1) is 0 Å². The number of ether oxygens (including phenoxy) is 1. The topological polar surface area (TPSA) is 68.6 Å². The summed E-state index contributed by atoms with van der Waals surface area (Å²) in [6.07, 6.45) is 0.940. The molecule has 1 N–H and O–H groups in total. The molecule has 2 saturated heterocycles. The van der Waals surface area contributed by atoms with Gasteiger partial charge in [-0.3, -0.25) is 4.90 Å². The van der Waals surface area contributed by atoms with Gasteiger partial charge < -0.3 is 15.0 Å². The third-order valence-corrected chi connectivity index (χ3v) is 4.76. The number of carbonyl (C=O) groups excluding carboxylic acids is 1. The number of benzene rings is 1. The predicted octanol–water partition coefficient (Wildman–Crippen LogP) is 1.31. The lowest BCUT2D eigenvalue weighted by Crippen LogP contribution is -2.60. The molecule has 3 atom stereocenters. The van der Waals surface area contributed by atoms with Crippen molar-refractivity contribution in [3.63, 3.8) is 0 Å². The molecule has 2 bridgehead atoms. The van der Waals surface area contributed by atoms with Gasteiger partial charge in [-0.1, -0.05) is 6.07 Å². The number of hydrogen-bond donors (Lipinski definition) is 1. The van der Waals surface area contributed by atoms with Crippen molar-refractivity contribution >= 4 is 6.03 Å². The lowest BCUT2D eigenvalue weighted by atomic mass is 9.99. The fraction of sp³-hybridized carbons (Fsp3) is 0.529. The SMILES string of the molecule is CN(C(=O)NCc1ccc(C#N)c(F)c1)[C@@H]1CCN2CCO[C@H]1C2. The summed E-state index contributed by atoms with van der Waals surface area (Å²) in [6, 6.07) is 5.98. The second-order valence-corrected chi connectivity index (χ2v) is 6.26. The first kappa shape index (κ1) is 16.7. The van der Waals surface area contributed by atoms with Crippen LogP contribution in [-0.4, -0.2) is 61.3 Å². The number of amides is 2. The molecular formula is C17H21FN4O2. The average Bonchev–Trinajstić information content (AvgIpc) is 2.59. The molecule has 2 aliphatic rings. The van der Waals surface area contributed by atoms with Gasteiger partial charge in [-0.25, -0.2) is 9.18 Å². The molecule has 0 spiro atoms. The molecule has 2 fully saturated rings. The predicted molar refractivity (Wildman–Crippen MR) is 85.7 cm³/mol. The van der Waals surface area contributed by atoms with Crippen molar-refractivity contribution in [2.45, 2.75) is 25.1 Å². The third-order valence-electron chi connectivity index (χ3n) is 4.76. The number of rotatable bonds is 3. The highest BCUT2D eigenvalue weighted by Gasteiger charge is 2.36. The summed E-state index contributed by atoms with van der Waals surface area (Å²) < 4.78 is 19.4. The molecule has 2 amide bonds. The number of halogens is 1. The van der Waals surface area contributed by atoms with Crippen molar-refractivity contribution in [3.05, 3.63) is 35.1 Å². The lowest BCUT2D eigenvalue weighted by Gasteiger charge is -2.45. The molecule has 2 heterocycles.